The number of halogens is 2. The quantitative estimate of drug-likeness (QED) is 0.636. The van der Waals surface area contributed by atoms with E-state index >= 15 is 0 Å². The van der Waals surface area contributed by atoms with E-state index in [4.69, 9.17) is 11.6 Å². The van der Waals surface area contributed by atoms with Crippen molar-refractivity contribution in [1.82, 2.24) is 0 Å². The fraction of sp³-hybridized carbons (Fsp3) is 1.00. The van der Waals surface area contributed by atoms with Gasteiger partial charge in [-0.1, -0.05) is 22.9 Å². The molecule has 0 aliphatic rings. The molecule has 0 fully saturated rings. The van der Waals surface area contributed by atoms with Crippen molar-refractivity contribution in [3.63, 3.8) is 0 Å². The summed E-state index contributed by atoms with van der Waals surface area (Å²) in [6.45, 7) is 2.12. The Hall–Kier alpha value is 1.12. The normalized spacial score (nSPS) is 14.1. The molecule has 0 aliphatic carbocycles. The van der Waals surface area contributed by atoms with Crippen molar-refractivity contribution in [3.05, 3.63) is 0 Å². The summed E-state index contributed by atoms with van der Waals surface area (Å²) in [5.74, 6) is 2.15. The van der Waals surface area contributed by atoms with E-state index in [-0.39, 0.29) is 4.29 Å². The van der Waals surface area contributed by atoms with Crippen molar-refractivity contribution in [2.24, 2.45) is 0 Å². The highest BCUT2D eigenvalue weighted by atomic mass is 79.9. The summed E-state index contributed by atoms with van der Waals surface area (Å²) in [5, 5.41) is 0. The second-order valence-electron chi connectivity index (χ2n) is 1.05. The monoisotopic (exact) mass is 202 g/mol. The van der Waals surface area contributed by atoms with Crippen molar-refractivity contribution in [3.8, 4) is 0 Å². The highest BCUT2D eigenvalue weighted by molar-refractivity contribution is 9.10. The second kappa shape index (κ2) is 5.26. The first-order valence-corrected chi connectivity index (χ1v) is 4.64. The van der Waals surface area contributed by atoms with Crippen LogP contribution < -0.4 is 0 Å². The van der Waals surface area contributed by atoms with E-state index in [9.17, 15) is 0 Å². The maximum absolute atomic E-state index is 5.55. The van der Waals surface area contributed by atoms with Crippen molar-refractivity contribution in [2.75, 3.05) is 11.5 Å². The number of hydrogen-bond acceptors (Lipinski definition) is 1. The zero-order chi connectivity index (χ0) is 5.70. The van der Waals surface area contributed by atoms with Crippen LogP contribution in [0.2, 0.25) is 0 Å². The van der Waals surface area contributed by atoms with Gasteiger partial charge >= 0.3 is 0 Å². The molecule has 7 heavy (non-hydrogen) atoms. The van der Waals surface area contributed by atoms with Crippen LogP contribution in [0.4, 0.5) is 0 Å². The van der Waals surface area contributed by atoms with E-state index in [1.54, 1.807) is 0 Å². The van der Waals surface area contributed by atoms with Crippen LogP contribution in [-0.4, -0.2) is 15.8 Å². The molecule has 0 aliphatic heterocycles. The predicted molar refractivity (Wildman–Crippen MR) is 41.6 cm³/mol. The summed E-state index contributed by atoms with van der Waals surface area (Å²) >= 11 is 10.6. The van der Waals surface area contributed by atoms with Crippen LogP contribution in [0.1, 0.15) is 6.92 Å². The van der Waals surface area contributed by atoms with E-state index in [0.717, 1.165) is 11.5 Å². The minimum absolute atomic E-state index is 0.150. The molecule has 0 heterocycles. The molecule has 3 heteroatoms. The maximum atomic E-state index is 5.55. The Bertz CT molecular complexity index is 40.7. The number of rotatable bonds is 3. The van der Waals surface area contributed by atoms with Crippen LogP contribution in [0.5, 0.6) is 0 Å². The second-order valence-corrected chi connectivity index (χ2v) is 4.53. The maximum Gasteiger partial charge on any atom is 0.0976 e. The Kier molecular flexibility index (Phi) is 6.10. The topological polar surface area (TPSA) is 0 Å². The van der Waals surface area contributed by atoms with Crippen molar-refractivity contribution in [1.29, 1.82) is 0 Å². The molecule has 1 atom stereocenters. The minimum atomic E-state index is 0.150. The Morgan fingerprint density at radius 2 is 2.43 bits per heavy atom. The molecule has 0 amide bonds. The summed E-state index contributed by atoms with van der Waals surface area (Å²) in [7, 11) is 0. The lowest BCUT2D eigenvalue weighted by Gasteiger charge is -1.94. The summed E-state index contributed by atoms with van der Waals surface area (Å²) < 4.78 is 0.150. The van der Waals surface area contributed by atoms with E-state index < -0.39 is 0 Å². The summed E-state index contributed by atoms with van der Waals surface area (Å²) in [5.41, 5.74) is 0. The SMILES string of the molecule is CCSCC(Cl)Br. The first-order valence-electron chi connectivity index (χ1n) is 2.13. The van der Waals surface area contributed by atoms with E-state index in [1.807, 2.05) is 11.8 Å². The summed E-state index contributed by atoms with van der Waals surface area (Å²) in [6, 6.07) is 0. The smallest absolute Gasteiger partial charge is 0.0976 e. The number of hydrogen-bond donors (Lipinski definition) is 0. The van der Waals surface area contributed by atoms with E-state index in [2.05, 4.69) is 22.9 Å². The van der Waals surface area contributed by atoms with Gasteiger partial charge in [-0.15, -0.1) is 11.6 Å². The molecule has 0 aromatic carbocycles. The van der Waals surface area contributed by atoms with Gasteiger partial charge in [-0.3, -0.25) is 0 Å². The van der Waals surface area contributed by atoms with Gasteiger partial charge in [0, 0.05) is 5.75 Å². The molecule has 44 valence electrons. The van der Waals surface area contributed by atoms with Crippen LogP contribution in [0, 0.1) is 0 Å². The number of alkyl halides is 2. The van der Waals surface area contributed by atoms with Crippen LogP contribution in [0.3, 0.4) is 0 Å². The Balaban J connectivity index is 2.68. The van der Waals surface area contributed by atoms with E-state index in [0.29, 0.717) is 0 Å². The van der Waals surface area contributed by atoms with Crippen molar-refractivity contribution < 1.29 is 0 Å². The van der Waals surface area contributed by atoms with Gasteiger partial charge in [0.1, 0.15) is 0 Å². The summed E-state index contributed by atoms with van der Waals surface area (Å²) in [6.07, 6.45) is 0. The molecule has 0 nitrogen and oxygen atoms in total. The molecule has 0 bridgehead atoms. The molecule has 0 saturated carbocycles. The Labute approximate surface area is 62.1 Å². The third kappa shape index (κ3) is 7.12. The Morgan fingerprint density at radius 3 is 2.57 bits per heavy atom. The number of thioether (sulfide) groups is 1. The molecule has 0 spiro atoms. The Morgan fingerprint density at radius 1 is 1.86 bits per heavy atom. The van der Waals surface area contributed by atoms with Gasteiger partial charge in [0.05, 0.1) is 4.29 Å². The lowest BCUT2D eigenvalue weighted by Crippen LogP contribution is -1.88. The fourth-order valence-electron chi connectivity index (χ4n) is 0.207. The van der Waals surface area contributed by atoms with Crippen molar-refractivity contribution >= 4 is 39.3 Å². The van der Waals surface area contributed by atoms with Crippen LogP contribution in [0.25, 0.3) is 0 Å². The van der Waals surface area contributed by atoms with Crippen molar-refractivity contribution in [2.45, 2.75) is 11.2 Å². The molecule has 1 unspecified atom stereocenters. The van der Waals surface area contributed by atoms with Gasteiger partial charge in [-0.05, 0) is 5.75 Å². The van der Waals surface area contributed by atoms with Gasteiger partial charge in [-0.25, -0.2) is 0 Å². The molecule has 0 saturated heterocycles. The van der Waals surface area contributed by atoms with Gasteiger partial charge in [0.25, 0.3) is 0 Å². The lowest BCUT2D eigenvalue weighted by atomic mass is 10.9. The van der Waals surface area contributed by atoms with Crippen LogP contribution in [0.15, 0.2) is 0 Å². The molecule has 0 radical (unpaired) electrons. The fourth-order valence-corrected chi connectivity index (χ4v) is 1.45. The molecule has 0 N–H and O–H groups in total. The lowest BCUT2D eigenvalue weighted by molar-refractivity contribution is 1.43. The molecular formula is C4H8BrClS. The molecule has 0 aromatic rings. The summed E-state index contributed by atoms with van der Waals surface area (Å²) in [4.78, 5) is 0. The molecule has 0 rings (SSSR count). The zero-order valence-corrected chi connectivity index (χ0v) is 7.31. The average Bonchev–Trinajstić information content (AvgIpc) is 1.61. The largest absolute Gasteiger partial charge is 0.160 e. The van der Waals surface area contributed by atoms with Crippen LogP contribution >= 0.6 is 39.3 Å². The van der Waals surface area contributed by atoms with Gasteiger partial charge in [-0.2, -0.15) is 11.8 Å². The predicted octanol–water partition coefficient (Wildman–Crippen LogP) is 2.70. The van der Waals surface area contributed by atoms with E-state index in [1.165, 1.54) is 0 Å². The van der Waals surface area contributed by atoms with Gasteiger partial charge in [0.15, 0.2) is 0 Å². The van der Waals surface area contributed by atoms with Gasteiger partial charge < -0.3 is 0 Å². The third-order valence-electron chi connectivity index (χ3n) is 0.448. The first-order chi connectivity index (χ1) is 3.27. The average molecular weight is 204 g/mol. The van der Waals surface area contributed by atoms with Gasteiger partial charge in [0.2, 0.25) is 0 Å². The first kappa shape index (κ1) is 8.12. The minimum Gasteiger partial charge on any atom is -0.160 e. The molecule has 0 aromatic heterocycles. The van der Waals surface area contributed by atoms with Crippen LogP contribution in [-0.2, 0) is 0 Å². The molecular weight excluding hydrogens is 195 g/mol. The zero-order valence-electron chi connectivity index (χ0n) is 4.16. The highest BCUT2D eigenvalue weighted by Crippen LogP contribution is 2.11. The third-order valence-corrected chi connectivity index (χ3v) is 2.51. The standard InChI is InChI=1S/C4H8BrClS/c1-2-7-3-4(5)6/h4H,2-3H2,1H3. The highest BCUT2D eigenvalue weighted by Gasteiger charge is 1.93.